The third-order valence-electron chi connectivity index (χ3n) is 3.02. The number of carbonyl (C=O) groups excluding carboxylic acids is 1. The van der Waals surface area contributed by atoms with Crippen molar-refractivity contribution in [3.8, 4) is 0 Å². The Morgan fingerprint density at radius 1 is 1.14 bits per heavy atom. The van der Waals surface area contributed by atoms with Gasteiger partial charge in [-0.15, -0.1) is 0 Å². The van der Waals surface area contributed by atoms with Gasteiger partial charge < -0.3 is 10.4 Å². The summed E-state index contributed by atoms with van der Waals surface area (Å²) in [6.07, 6.45) is 0.271. The topological polar surface area (TPSA) is 66.4 Å². The second kappa shape index (κ2) is 6.54. The highest BCUT2D eigenvalue weighted by atomic mass is 79.9. The first kappa shape index (κ1) is 15.3. The van der Waals surface area contributed by atoms with E-state index < -0.39 is 5.97 Å². The molecule has 2 rings (SSSR count). The number of rotatable bonds is 4. The first-order chi connectivity index (χ1) is 9.95. The zero-order chi connectivity index (χ0) is 15.4. The van der Waals surface area contributed by atoms with Gasteiger partial charge >= 0.3 is 5.97 Å². The molecule has 0 aliphatic carbocycles. The van der Waals surface area contributed by atoms with Crippen LogP contribution in [0.25, 0.3) is 0 Å². The SMILES string of the molecule is Cc1cc(NC(=O)Cc2ccc(Br)cc2)ccc1C(=O)O. The van der Waals surface area contributed by atoms with Gasteiger partial charge in [0.25, 0.3) is 0 Å². The number of carbonyl (C=O) groups is 2. The second-order valence-corrected chi connectivity index (χ2v) is 5.60. The summed E-state index contributed by atoms with van der Waals surface area (Å²) in [7, 11) is 0. The first-order valence-electron chi connectivity index (χ1n) is 6.34. The van der Waals surface area contributed by atoms with E-state index in [0.29, 0.717) is 11.3 Å². The largest absolute Gasteiger partial charge is 0.478 e. The van der Waals surface area contributed by atoms with Gasteiger partial charge in [-0.1, -0.05) is 28.1 Å². The average molecular weight is 348 g/mol. The van der Waals surface area contributed by atoms with E-state index >= 15 is 0 Å². The first-order valence-corrected chi connectivity index (χ1v) is 7.13. The van der Waals surface area contributed by atoms with E-state index in [2.05, 4.69) is 21.2 Å². The maximum absolute atomic E-state index is 12.0. The molecule has 0 saturated carbocycles. The summed E-state index contributed by atoms with van der Waals surface area (Å²) in [5, 5.41) is 11.7. The zero-order valence-corrected chi connectivity index (χ0v) is 13.0. The van der Waals surface area contributed by atoms with Crippen LogP contribution in [0.4, 0.5) is 5.69 Å². The van der Waals surface area contributed by atoms with Crippen LogP contribution in [0.5, 0.6) is 0 Å². The van der Waals surface area contributed by atoms with Crippen molar-refractivity contribution in [2.24, 2.45) is 0 Å². The molecule has 108 valence electrons. The Morgan fingerprint density at radius 2 is 1.81 bits per heavy atom. The summed E-state index contributed by atoms with van der Waals surface area (Å²) in [6, 6.07) is 12.3. The number of carboxylic acids is 1. The molecule has 0 aliphatic rings. The number of anilines is 1. The molecular formula is C16H14BrNO3. The number of hydrogen-bond acceptors (Lipinski definition) is 2. The predicted molar refractivity (Wildman–Crippen MR) is 84.6 cm³/mol. The molecule has 5 heteroatoms. The Bertz CT molecular complexity index is 680. The molecule has 2 aromatic carbocycles. The molecule has 2 aromatic rings. The third kappa shape index (κ3) is 4.16. The highest BCUT2D eigenvalue weighted by molar-refractivity contribution is 9.10. The van der Waals surface area contributed by atoms with Crippen LogP contribution in [-0.4, -0.2) is 17.0 Å². The van der Waals surface area contributed by atoms with Crippen LogP contribution < -0.4 is 5.32 Å². The smallest absolute Gasteiger partial charge is 0.335 e. The summed E-state index contributed by atoms with van der Waals surface area (Å²) in [5.74, 6) is -1.11. The van der Waals surface area contributed by atoms with Crippen LogP contribution in [0.15, 0.2) is 46.9 Å². The number of benzene rings is 2. The Balaban J connectivity index is 2.04. The number of hydrogen-bond donors (Lipinski definition) is 2. The molecule has 1 amide bonds. The second-order valence-electron chi connectivity index (χ2n) is 4.69. The lowest BCUT2D eigenvalue weighted by Crippen LogP contribution is -2.14. The molecule has 4 nitrogen and oxygen atoms in total. The molecule has 0 atom stereocenters. The predicted octanol–water partition coefficient (Wildman–Crippen LogP) is 3.64. The van der Waals surface area contributed by atoms with E-state index in [-0.39, 0.29) is 17.9 Å². The Labute approximate surface area is 130 Å². The lowest BCUT2D eigenvalue weighted by atomic mass is 10.1. The summed E-state index contributed by atoms with van der Waals surface area (Å²) < 4.78 is 0.964. The minimum Gasteiger partial charge on any atom is -0.478 e. The lowest BCUT2D eigenvalue weighted by molar-refractivity contribution is -0.115. The number of amides is 1. The van der Waals surface area contributed by atoms with E-state index in [1.807, 2.05) is 24.3 Å². The molecule has 21 heavy (non-hydrogen) atoms. The van der Waals surface area contributed by atoms with Gasteiger partial charge in [0.2, 0.25) is 5.91 Å². The summed E-state index contributed by atoms with van der Waals surface area (Å²) in [6.45, 7) is 1.70. The van der Waals surface area contributed by atoms with Gasteiger partial charge in [0.15, 0.2) is 0 Å². The zero-order valence-electron chi connectivity index (χ0n) is 11.4. The molecular weight excluding hydrogens is 334 g/mol. The molecule has 0 fully saturated rings. The van der Waals surface area contributed by atoms with Crippen LogP contribution in [-0.2, 0) is 11.2 Å². The third-order valence-corrected chi connectivity index (χ3v) is 3.55. The molecule has 0 unspecified atom stereocenters. The molecule has 0 bridgehead atoms. The van der Waals surface area contributed by atoms with E-state index in [9.17, 15) is 9.59 Å². The number of aromatic carboxylic acids is 1. The summed E-state index contributed by atoms with van der Waals surface area (Å²) in [5.41, 5.74) is 2.36. The van der Waals surface area contributed by atoms with Gasteiger partial charge in [0.05, 0.1) is 12.0 Å². The van der Waals surface area contributed by atoms with Gasteiger partial charge in [-0.25, -0.2) is 4.79 Å². The van der Waals surface area contributed by atoms with Crippen LogP contribution in [0.1, 0.15) is 21.5 Å². The number of halogens is 1. The standard InChI is InChI=1S/C16H14BrNO3/c1-10-8-13(6-7-14(10)16(20)21)18-15(19)9-11-2-4-12(17)5-3-11/h2-8H,9H2,1H3,(H,18,19)(H,20,21). The molecule has 2 N–H and O–H groups in total. The fraction of sp³-hybridized carbons (Fsp3) is 0.125. The van der Waals surface area contributed by atoms with Crippen molar-refractivity contribution in [3.05, 3.63) is 63.6 Å². The van der Waals surface area contributed by atoms with Crippen molar-refractivity contribution in [2.75, 3.05) is 5.32 Å². The van der Waals surface area contributed by atoms with E-state index in [4.69, 9.17) is 5.11 Å². The molecule has 0 radical (unpaired) electrons. The number of carboxylic acid groups (broad SMARTS) is 1. The Morgan fingerprint density at radius 3 is 2.38 bits per heavy atom. The molecule has 0 aliphatic heterocycles. The molecule has 0 spiro atoms. The van der Waals surface area contributed by atoms with Crippen LogP contribution in [0.3, 0.4) is 0 Å². The normalized spacial score (nSPS) is 10.2. The Kier molecular flexibility index (Phi) is 4.75. The highest BCUT2D eigenvalue weighted by Crippen LogP contribution is 2.16. The van der Waals surface area contributed by atoms with Gasteiger partial charge in [-0.2, -0.15) is 0 Å². The van der Waals surface area contributed by atoms with E-state index in [0.717, 1.165) is 10.0 Å². The maximum atomic E-state index is 12.0. The van der Waals surface area contributed by atoms with Crippen molar-refractivity contribution in [2.45, 2.75) is 13.3 Å². The van der Waals surface area contributed by atoms with Gasteiger partial charge in [-0.05, 0) is 48.4 Å². The van der Waals surface area contributed by atoms with Crippen molar-refractivity contribution in [1.29, 1.82) is 0 Å². The Hall–Kier alpha value is -2.14. The fourth-order valence-electron chi connectivity index (χ4n) is 1.97. The minimum absolute atomic E-state index is 0.139. The molecule has 0 saturated heterocycles. The van der Waals surface area contributed by atoms with E-state index in [1.54, 1.807) is 19.1 Å². The quantitative estimate of drug-likeness (QED) is 0.887. The van der Waals surface area contributed by atoms with Gasteiger partial charge in [-0.3, -0.25) is 4.79 Å². The maximum Gasteiger partial charge on any atom is 0.335 e. The van der Waals surface area contributed by atoms with Crippen molar-refractivity contribution in [1.82, 2.24) is 0 Å². The van der Waals surface area contributed by atoms with Crippen molar-refractivity contribution < 1.29 is 14.7 Å². The fourth-order valence-corrected chi connectivity index (χ4v) is 2.24. The monoisotopic (exact) mass is 347 g/mol. The van der Waals surface area contributed by atoms with Crippen LogP contribution >= 0.6 is 15.9 Å². The highest BCUT2D eigenvalue weighted by Gasteiger charge is 2.09. The van der Waals surface area contributed by atoms with Crippen molar-refractivity contribution in [3.63, 3.8) is 0 Å². The van der Waals surface area contributed by atoms with E-state index in [1.165, 1.54) is 6.07 Å². The van der Waals surface area contributed by atoms with Gasteiger partial charge in [0.1, 0.15) is 0 Å². The van der Waals surface area contributed by atoms with Gasteiger partial charge in [0, 0.05) is 10.2 Å². The van der Waals surface area contributed by atoms with Crippen LogP contribution in [0.2, 0.25) is 0 Å². The van der Waals surface area contributed by atoms with Crippen LogP contribution in [0, 0.1) is 6.92 Å². The lowest BCUT2D eigenvalue weighted by Gasteiger charge is -2.08. The molecule has 0 aromatic heterocycles. The molecule has 0 heterocycles. The summed E-state index contributed by atoms with van der Waals surface area (Å²) >= 11 is 3.34. The number of nitrogens with one attached hydrogen (secondary N) is 1. The average Bonchev–Trinajstić information content (AvgIpc) is 2.41. The summed E-state index contributed by atoms with van der Waals surface area (Å²) in [4.78, 5) is 22.9. The number of aryl methyl sites for hydroxylation is 1. The van der Waals surface area contributed by atoms with Crippen molar-refractivity contribution >= 4 is 33.5 Å². The minimum atomic E-state index is -0.972.